The van der Waals surface area contributed by atoms with Gasteiger partial charge in [0.15, 0.2) is 5.60 Å². The number of azide groups is 1. The van der Waals surface area contributed by atoms with Gasteiger partial charge in [0.05, 0.1) is 5.56 Å². The molecule has 0 amide bonds. The molecule has 2 aromatic rings. The minimum absolute atomic E-state index is 0.106. The third-order valence-electron chi connectivity index (χ3n) is 4.03. The first-order chi connectivity index (χ1) is 11.6. The van der Waals surface area contributed by atoms with E-state index < -0.39 is 5.60 Å². The predicted molar refractivity (Wildman–Crippen MR) is 90.2 cm³/mol. The number of benzene rings is 1. The third kappa shape index (κ3) is 2.17. The van der Waals surface area contributed by atoms with Gasteiger partial charge in [0.2, 0.25) is 5.88 Å². The summed E-state index contributed by atoms with van der Waals surface area (Å²) in [5.74, 6) is 1.04. The molecular weight excluding hydrogens is 376 g/mol. The van der Waals surface area contributed by atoms with Crippen LogP contribution in [0.5, 0.6) is 11.6 Å². The molecule has 9 heteroatoms. The SMILES string of the molecule is [N-]=[N+]=Nc1ccc2c(c1)[C@@]1(CCN=C(N)O1)c1cc(Br)cnc1O2. The van der Waals surface area contributed by atoms with Crippen LogP contribution in [-0.4, -0.2) is 17.6 Å². The number of nitrogens with two attached hydrogens (primary N) is 1. The minimum Gasteiger partial charge on any atom is -0.449 e. The quantitative estimate of drug-likeness (QED) is 0.454. The summed E-state index contributed by atoms with van der Waals surface area (Å²) in [6.45, 7) is 0.503. The number of hydrogen-bond acceptors (Lipinski definition) is 6. The van der Waals surface area contributed by atoms with Crippen LogP contribution in [0.3, 0.4) is 0 Å². The van der Waals surface area contributed by atoms with Gasteiger partial charge < -0.3 is 15.2 Å². The molecule has 0 bridgehead atoms. The molecule has 4 rings (SSSR count). The van der Waals surface area contributed by atoms with Crippen LogP contribution in [-0.2, 0) is 10.3 Å². The van der Waals surface area contributed by atoms with E-state index in [1.165, 1.54) is 0 Å². The molecule has 1 atom stereocenters. The van der Waals surface area contributed by atoms with E-state index in [-0.39, 0.29) is 6.02 Å². The topological polar surface area (TPSA) is 118 Å². The molecule has 1 aromatic carbocycles. The molecule has 0 unspecified atom stereocenters. The van der Waals surface area contributed by atoms with Crippen LogP contribution in [0, 0.1) is 0 Å². The van der Waals surface area contributed by atoms with Crippen molar-refractivity contribution in [2.45, 2.75) is 12.0 Å². The number of hydrogen-bond donors (Lipinski definition) is 1. The van der Waals surface area contributed by atoms with Gasteiger partial charge in [-0.25, -0.2) is 9.98 Å². The average molecular weight is 387 g/mol. The fourth-order valence-electron chi connectivity index (χ4n) is 3.05. The monoisotopic (exact) mass is 386 g/mol. The van der Waals surface area contributed by atoms with Gasteiger partial charge in [0.25, 0.3) is 6.02 Å². The highest BCUT2D eigenvalue weighted by Gasteiger charge is 2.47. The van der Waals surface area contributed by atoms with Gasteiger partial charge >= 0.3 is 0 Å². The lowest BCUT2D eigenvalue weighted by molar-refractivity contribution is 0.0626. The summed E-state index contributed by atoms with van der Waals surface area (Å²) < 4.78 is 12.7. The number of fused-ring (bicyclic) bond motifs is 4. The molecule has 0 radical (unpaired) electrons. The first kappa shape index (κ1) is 14.8. The Balaban J connectivity index is 2.00. The zero-order valence-corrected chi connectivity index (χ0v) is 13.9. The van der Waals surface area contributed by atoms with E-state index in [1.807, 2.05) is 6.07 Å². The van der Waals surface area contributed by atoms with Gasteiger partial charge in [-0.05, 0) is 45.7 Å². The standard InChI is InChI=1S/C15H11BrN6O2/c16-8-5-11-13(20-7-8)23-12-2-1-9(21-22-18)6-10(12)15(11)3-4-19-14(17)24-15/h1-2,5-7H,3-4H2,(H2,17,19)/t15-/m0/s1. The average Bonchev–Trinajstić information content (AvgIpc) is 2.57. The highest BCUT2D eigenvalue weighted by molar-refractivity contribution is 9.10. The van der Waals surface area contributed by atoms with Crippen LogP contribution in [0.1, 0.15) is 17.5 Å². The highest BCUT2D eigenvalue weighted by atomic mass is 79.9. The van der Waals surface area contributed by atoms with Crippen molar-refractivity contribution in [3.63, 3.8) is 0 Å². The van der Waals surface area contributed by atoms with Crippen molar-refractivity contribution in [1.29, 1.82) is 0 Å². The van der Waals surface area contributed by atoms with E-state index in [0.717, 1.165) is 15.6 Å². The summed E-state index contributed by atoms with van der Waals surface area (Å²) >= 11 is 3.43. The van der Waals surface area contributed by atoms with E-state index in [1.54, 1.807) is 24.4 Å². The maximum Gasteiger partial charge on any atom is 0.283 e. The molecule has 2 N–H and O–H groups in total. The lowest BCUT2D eigenvalue weighted by Gasteiger charge is -2.40. The molecule has 8 nitrogen and oxygen atoms in total. The molecule has 0 saturated carbocycles. The maximum absolute atomic E-state index is 8.70. The number of ether oxygens (including phenoxy) is 2. The number of amidine groups is 1. The summed E-state index contributed by atoms with van der Waals surface area (Å²) in [5.41, 5.74) is 15.6. The van der Waals surface area contributed by atoms with E-state index in [9.17, 15) is 0 Å². The summed E-state index contributed by atoms with van der Waals surface area (Å²) in [6.07, 6.45) is 2.22. The molecule has 120 valence electrons. The lowest BCUT2D eigenvalue weighted by atomic mass is 9.81. The van der Waals surface area contributed by atoms with E-state index >= 15 is 0 Å². The maximum atomic E-state index is 8.70. The molecule has 2 aliphatic heterocycles. The van der Waals surface area contributed by atoms with Gasteiger partial charge in [0.1, 0.15) is 5.75 Å². The largest absolute Gasteiger partial charge is 0.449 e. The van der Waals surface area contributed by atoms with Crippen molar-refractivity contribution in [1.82, 2.24) is 4.98 Å². The zero-order valence-electron chi connectivity index (χ0n) is 12.3. The molecule has 1 aromatic heterocycles. The second-order valence-electron chi connectivity index (χ2n) is 5.38. The van der Waals surface area contributed by atoms with Crippen molar-refractivity contribution in [2.24, 2.45) is 15.8 Å². The molecule has 3 heterocycles. The normalized spacial score (nSPS) is 20.8. The van der Waals surface area contributed by atoms with Gasteiger partial charge in [-0.3, -0.25) is 0 Å². The van der Waals surface area contributed by atoms with E-state index in [4.69, 9.17) is 20.7 Å². The second-order valence-corrected chi connectivity index (χ2v) is 6.29. The summed E-state index contributed by atoms with van der Waals surface area (Å²) in [6, 6.07) is 7.16. The van der Waals surface area contributed by atoms with Crippen molar-refractivity contribution >= 4 is 27.6 Å². The summed E-state index contributed by atoms with van der Waals surface area (Å²) in [4.78, 5) is 11.3. The minimum atomic E-state index is -0.882. The predicted octanol–water partition coefficient (Wildman–Crippen LogP) is 3.87. The molecule has 0 aliphatic carbocycles. The fraction of sp³-hybridized carbons (Fsp3) is 0.200. The van der Waals surface area contributed by atoms with Crippen molar-refractivity contribution in [2.75, 3.05) is 6.54 Å². The Bertz CT molecular complexity index is 924. The Kier molecular flexibility index (Phi) is 3.33. The van der Waals surface area contributed by atoms with Crippen molar-refractivity contribution < 1.29 is 9.47 Å². The molecule has 0 saturated heterocycles. The Morgan fingerprint density at radius 1 is 1.33 bits per heavy atom. The molecular formula is C15H11BrN6O2. The number of nitrogens with zero attached hydrogens (tertiary/aromatic N) is 5. The Labute approximate surface area is 145 Å². The highest BCUT2D eigenvalue weighted by Crippen LogP contribution is 2.52. The number of rotatable bonds is 1. The van der Waals surface area contributed by atoms with Crippen molar-refractivity contribution in [3.05, 3.63) is 56.5 Å². The Morgan fingerprint density at radius 3 is 3.00 bits per heavy atom. The van der Waals surface area contributed by atoms with Crippen LogP contribution >= 0.6 is 15.9 Å². The van der Waals surface area contributed by atoms with Crippen LogP contribution in [0.4, 0.5) is 5.69 Å². The Morgan fingerprint density at radius 2 is 2.21 bits per heavy atom. The van der Waals surface area contributed by atoms with Crippen LogP contribution < -0.4 is 10.5 Å². The molecule has 1 spiro atoms. The summed E-state index contributed by atoms with van der Waals surface area (Å²) in [5, 5.41) is 3.67. The van der Waals surface area contributed by atoms with Gasteiger partial charge in [0, 0.05) is 39.8 Å². The fourth-order valence-corrected chi connectivity index (χ4v) is 3.38. The smallest absolute Gasteiger partial charge is 0.283 e. The van der Waals surface area contributed by atoms with Crippen LogP contribution in [0.2, 0.25) is 0 Å². The zero-order chi connectivity index (χ0) is 16.7. The molecule has 24 heavy (non-hydrogen) atoms. The number of pyridine rings is 1. The molecule has 0 fully saturated rings. The number of aromatic nitrogens is 1. The van der Waals surface area contributed by atoms with Crippen LogP contribution in [0.15, 0.2) is 45.0 Å². The van der Waals surface area contributed by atoms with E-state index in [0.29, 0.717) is 30.3 Å². The lowest BCUT2D eigenvalue weighted by Crippen LogP contribution is -2.42. The Hall–Kier alpha value is -2.77. The second kappa shape index (κ2) is 5.40. The first-order valence-corrected chi connectivity index (χ1v) is 7.94. The first-order valence-electron chi connectivity index (χ1n) is 7.15. The van der Waals surface area contributed by atoms with Crippen LogP contribution in [0.25, 0.3) is 10.4 Å². The summed E-state index contributed by atoms with van der Waals surface area (Å²) in [7, 11) is 0. The van der Waals surface area contributed by atoms with Gasteiger partial charge in [-0.15, -0.1) is 0 Å². The van der Waals surface area contributed by atoms with Crippen molar-refractivity contribution in [3.8, 4) is 11.6 Å². The molecule has 2 aliphatic rings. The number of halogens is 1. The third-order valence-corrected chi connectivity index (χ3v) is 4.46. The number of aliphatic imine (C=N–C) groups is 1. The van der Waals surface area contributed by atoms with Gasteiger partial charge in [-0.1, -0.05) is 5.11 Å². The van der Waals surface area contributed by atoms with E-state index in [2.05, 4.69) is 35.9 Å². The van der Waals surface area contributed by atoms with Gasteiger partial charge in [-0.2, -0.15) is 0 Å².